The molecule has 0 spiro atoms. The third-order valence-corrected chi connectivity index (χ3v) is 3.71. The van der Waals surface area contributed by atoms with Crippen LogP contribution in [0.15, 0.2) is 24.3 Å². The molecule has 116 valence electrons. The Kier molecular flexibility index (Phi) is 4.88. The van der Waals surface area contributed by atoms with E-state index in [4.69, 9.17) is 4.74 Å². The van der Waals surface area contributed by atoms with Crippen molar-refractivity contribution in [2.24, 2.45) is 5.92 Å². The van der Waals surface area contributed by atoms with Gasteiger partial charge < -0.3 is 10.1 Å². The maximum absolute atomic E-state index is 12.2. The summed E-state index contributed by atoms with van der Waals surface area (Å²) < 4.78 is 5.17. The van der Waals surface area contributed by atoms with Crippen LogP contribution >= 0.6 is 0 Å². The van der Waals surface area contributed by atoms with Crippen molar-refractivity contribution in [3.05, 3.63) is 29.8 Å². The fraction of sp³-hybridized carbons (Fsp3) is 0.588. The molecule has 1 aliphatic heterocycles. The zero-order valence-electron chi connectivity index (χ0n) is 13.5. The summed E-state index contributed by atoms with van der Waals surface area (Å²) in [6.45, 7) is 8.78. The summed E-state index contributed by atoms with van der Waals surface area (Å²) in [5, 5.41) is 3.08. The highest BCUT2D eigenvalue weighted by Crippen LogP contribution is 2.20. The standard InChI is InChI=1S/C17H26N2O2/c1-17(2,3)18-16(20)14-9-10-19(12-14)11-13-5-7-15(21-4)8-6-13/h5-8,14H,9-12H2,1-4H3,(H,18,20). The predicted molar refractivity (Wildman–Crippen MR) is 84.3 cm³/mol. The van der Waals surface area contributed by atoms with E-state index in [1.165, 1.54) is 5.56 Å². The minimum absolute atomic E-state index is 0.113. The molecule has 1 heterocycles. The zero-order chi connectivity index (χ0) is 15.5. The quantitative estimate of drug-likeness (QED) is 0.926. The number of benzene rings is 1. The van der Waals surface area contributed by atoms with Crippen LogP contribution < -0.4 is 10.1 Å². The van der Waals surface area contributed by atoms with Gasteiger partial charge >= 0.3 is 0 Å². The molecule has 21 heavy (non-hydrogen) atoms. The second-order valence-corrected chi connectivity index (χ2v) is 6.81. The molecule has 1 aromatic carbocycles. The maximum Gasteiger partial charge on any atom is 0.224 e. The van der Waals surface area contributed by atoms with E-state index in [1.807, 2.05) is 32.9 Å². The molecule has 1 atom stereocenters. The van der Waals surface area contributed by atoms with Crippen LogP contribution in [0.3, 0.4) is 0 Å². The maximum atomic E-state index is 12.2. The van der Waals surface area contributed by atoms with Gasteiger partial charge in [-0.2, -0.15) is 0 Å². The van der Waals surface area contributed by atoms with Crippen LogP contribution in [-0.4, -0.2) is 36.5 Å². The number of hydrogen-bond acceptors (Lipinski definition) is 3. The minimum Gasteiger partial charge on any atom is -0.497 e. The van der Waals surface area contributed by atoms with Crippen molar-refractivity contribution in [1.82, 2.24) is 10.2 Å². The number of carbonyl (C=O) groups excluding carboxylic acids is 1. The molecule has 1 saturated heterocycles. The van der Waals surface area contributed by atoms with Gasteiger partial charge in [0.2, 0.25) is 5.91 Å². The highest BCUT2D eigenvalue weighted by atomic mass is 16.5. The van der Waals surface area contributed by atoms with Crippen LogP contribution in [0, 0.1) is 5.92 Å². The average Bonchev–Trinajstić information content (AvgIpc) is 2.86. The highest BCUT2D eigenvalue weighted by molar-refractivity contribution is 5.79. The summed E-state index contributed by atoms with van der Waals surface area (Å²) in [5.41, 5.74) is 1.10. The topological polar surface area (TPSA) is 41.6 Å². The molecule has 0 aliphatic carbocycles. The van der Waals surface area contributed by atoms with Crippen molar-refractivity contribution >= 4 is 5.91 Å². The second-order valence-electron chi connectivity index (χ2n) is 6.81. The molecule has 1 fully saturated rings. The number of nitrogens with one attached hydrogen (secondary N) is 1. The Morgan fingerprint density at radius 3 is 2.57 bits per heavy atom. The normalized spacial score (nSPS) is 19.5. The molecular formula is C17H26N2O2. The third-order valence-electron chi connectivity index (χ3n) is 3.71. The van der Waals surface area contributed by atoms with E-state index >= 15 is 0 Å². The van der Waals surface area contributed by atoms with E-state index in [2.05, 4.69) is 22.3 Å². The van der Waals surface area contributed by atoms with Crippen molar-refractivity contribution in [3.63, 3.8) is 0 Å². The van der Waals surface area contributed by atoms with Crippen molar-refractivity contribution in [2.45, 2.75) is 39.3 Å². The van der Waals surface area contributed by atoms with Crippen LogP contribution in [0.2, 0.25) is 0 Å². The number of rotatable bonds is 4. The van der Waals surface area contributed by atoms with Gasteiger partial charge in [-0.05, 0) is 51.4 Å². The summed E-state index contributed by atoms with van der Waals surface area (Å²) in [7, 11) is 1.67. The van der Waals surface area contributed by atoms with Crippen LogP contribution in [-0.2, 0) is 11.3 Å². The van der Waals surface area contributed by atoms with Gasteiger partial charge in [0.05, 0.1) is 13.0 Å². The molecule has 1 unspecified atom stereocenters. The monoisotopic (exact) mass is 290 g/mol. The molecule has 0 saturated carbocycles. The van der Waals surface area contributed by atoms with Gasteiger partial charge in [0.25, 0.3) is 0 Å². The van der Waals surface area contributed by atoms with Crippen LogP contribution in [0.5, 0.6) is 5.75 Å². The first-order valence-electron chi connectivity index (χ1n) is 7.55. The molecule has 0 radical (unpaired) electrons. The first-order chi connectivity index (χ1) is 9.87. The van der Waals surface area contributed by atoms with Crippen molar-refractivity contribution in [2.75, 3.05) is 20.2 Å². The average molecular weight is 290 g/mol. The number of likely N-dealkylation sites (tertiary alicyclic amines) is 1. The van der Waals surface area contributed by atoms with E-state index < -0.39 is 0 Å². The molecule has 1 N–H and O–H groups in total. The lowest BCUT2D eigenvalue weighted by molar-refractivity contribution is -0.126. The molecule has 0 aromatic heterocycles. The van der Waals surface area contributed by atoms with Crippen molar-refractivity contribution in [1.29, 1.82) is 0 Å². The summed E-state index contributed by atoms with van der Waals surface area (Å²) >= 11 is 0. The summed E-state index contributed by atoms with van der Waals surface area (Å²) in [5.74, 6) is 1.17. The Morgan fingerprint density at radius 1 is 1.33 bits per heavy atom. The van der Waals surface area contributed by atoms with Gasteiger partial charge in [0.1, 0.15) is 5.75 Å². The van der Waals surface area contributed by atoms with Crippen molar-refractivity contribution < 1.29 is 9.53 Å². The molecule has 1 aliphatic rings. The third kappa shape index (κ3) is 4.74. The number of ether oxygens (including phenoxy) is 1. The van der Waals surface area contributed by atoms with E-state index in [1.54, 1.807) is 7.11 Å². The Balaban J connectivity index is 1.86. The Labute approximate surface area is 127 Å². The van der Waals surface area contributed by atoms with Crippen LogP contribution in [0.4, 0.5) is 0 Å². The molecular weight excluding hydrogens is 264 g/mol. The number of amides is 1. The molecule has 0 bridgehead atoms. The van der Waals surface area contributed by atoms with E-state index in [0.29, 0.717) is 0 Å². The number of methoxy groups -OCH3 is 1. The van der Waals surface area contributed by atoms with Crippen molar-refractivity contribution in [3.8, 4) is 5.75 Å². The van der Waals surface area contributed by atoms with Gasteiger partial charge in [-0.15, -0.1) is 0 Å². The van der Waals surface area contributed by atoms with Gasteiger partial charge in [-0.25, -0.2) is 0 Å². The first-order valence-corrected chi connectivity index (χ1v) is 7.55. The minimum atomic E-state index is -0.152. The van der Waals surface area contributed by atoms with Gasteiger partial charge in [0.15, 0.2) is 0 Å². The highest BCUT2D eigenvalue weighted by Gasteiger charge is 2.29. The zero-order valence-corrected chi connectivity index (χ0v) is 13.5. The lowest BCUT2D eigenvalue weighted by atomic mass is 10.0. The smallest absolute Gasteiger partial charge is 0.224 e. The molecule has 1 aromatic rings. The van der Waals surface area contributed by atoms with Gasteiger partial charge in [-0.1, -0.05) is 12.1 Å². The number of carbonyl (C=O) groups is 1. The molecule has 4 heteroatoms. The lowest BCUT2D eigenvalue weighted by Crippen LogP contribution is -2.44. The second kappa shape index (κ2) is 6.48. The number of nitrogens with zero attached hydrogens (tertiary/aromatic N) is 1. The van der Waals surface area contributed by atoms with E-state index in [9.17, 15) is 4.79 Å². The molecule has 1 amide bonds. The van der Waals surface area contributed by atoms with Gasteiger partial charge in [0, 0.05) is 18.6 Å². The predicted octanol–water partition coefficient (Wildman–Crippen LogP) is 2.43. The SMILES string of the molecule is COc1ccc(CN2CCC(C(=O)NC(C)(C)C)C2)cc1. The largest absolute Gasteiger partial charge is 0.497 e. The number of hydrogen-bond donors (Lipinski definition) is 1. The van der Waals surface area contributed by atoms with E-state index in [-0.39, 0.29) is 17.4 Å². The van der Waals surface area contributed by atoms with Crippen LogP contribution in [0.25, 0.3) is 0 Å². The van der Waals surface area contributed by atoms with Crippen LogP contribution in [0.1, 0.15) is 32.8 Å². The molecule has 4 nitrogen and oxygen atoms in total. The van der Waals surface area contributed by atoms with Gasteiger partial charge in [-0.3, -0.25) is 9.69 Å². The fourth-order valence-corrected chi connectivity index (χ4v) is 2.65. The Hall–Kier alpha value is -1.55. The summed E-state index contributed by atoms with van der Waals surface area (Å²) in [4.78, 5) is 14.5. The molecule has 2 rings (SSSR count). The summed E-state index contributed by atoms with van der Waals surface area (Å²) in [6.07, 6.45) is 0.943. The Morgan fingerprint density at radius 2 is 2.00 bits per heavy atom. The fourth-order valence-electron chi connectivity index (χ4n) is 2.65. The first kappa shape index (κ1) is 15.8. The Bertz CT molecular complexity index is 477. The van der Waals surface area contributed by atoms with E-state index in [0.717, 1.165) is 31.8 Å². The summed E-state index contributed by atoms with van der Waals surface area (Å²) in [6, 6.07) is 8.13. The lowest BCUT2D eigenvalue weighted by Gasteiger charge is -2.23.